The second kappa shape index (κ2) is 3.70. The Kier molecular flexibility index (Phi) is 2.63. The number of nitro groups is 1. The van der Waals surface area contributed by atoms with Crippen molar-refractivity contribution in [3.05, 3.63) is 22.4 Å². The number of ether oxygens (including phenoxy) is 2. The van der Waals surface area contributed by atoms with E-state index >= 15 is 0 Å². The van der Waals surface area contributed by atoms with Crippen LogP contribution in [-0.2, 0) is 0 Å². The van der Waals surface area contributed by atoms with Gasteiger partial charge >= 0.3 is 5.69 Å². The van der Waals surface area contributed by atoms with Crippen molar-refractivity contribution in [2.24, 2.45) is 0 Å². The molecule has 6 nitrogen and oxygen atoms in total. The van der Waals surface area contributed by atoms with Gasteiger partial charge in [-0.25, -0.2) is 4.98 Å². The van der Waals surface area contributed by atoms with Crippen molar-refractivity contribution in [1.82, 2.24) is 4.98 Å². The van der Waals surface area contributed by atoms with Crippen LogP contribution in [0.25, 0.3) is 0 Å². The maximum atomic E-state index is 10.5. The summed E-state index contributed by atoms with van der Waals surface area (Å²) < 4.78 is 9.48. The van der Waals surface area contributed by atoms with E-state index in [1.165, 1.54) is 26.5 Å². The van der Waals surface area contributed by atoms with Crippen LogP contribution in [0.5, 0.6) is 11.6 Å². The van der Waals surface area contributed by atoms with Gasteiger partial charge in [-0.15, -0.1) is 0 Å². The minimum absolute atomic E-state index is 0.0224. The van der Waals surface area contributed by atoms with E-state index in [1.54, 1.807) is 0 Å². The average Bonchev–Trinajstić information content (AvgIpc) is 2.16. The Morgan fingerprint density at radius 2 is 2.15 bits per heavy atom. The first kappa shape index (κ1) is 9.24. The lowest BCUT2D eigenvalue weighted by Gasteiger charge is -2.01. The molecule has 0 saturated heterocycles. The molecular weight excluding hydrogens is 176 g/mol. The quantitative estimate of drug-likeness (QED) is 0.517. The number of aromatic nitrogens is 1. The largest absolute Gasteiger partial charge is 0.495 e. The van der Waals surface area contributed by atoms with Gasteiger partial charge in [0, 0.05) is 0 Å². The van der Waals surface area contributed by atoms with Crippen LogP contribution in [0.15, 0.2) is 12.3 Å². The summed E-state index contributed by atoms with van der Waals surface area (Å²) in [6, 6.07) is 1.26. The number of methoxy groups -OCH3 is 2. The monoisotopic (exact) mass is 184 g/mol. The Bertz CT molecular complexity index is 326. The van der Waals surface area contributed by atoms with Crippen LogP contribution in [-0.4, -0.2) is 24.1 Å². The predicted molar refractivity (Wildman–Crippen MR) is 44.0 cm³/mol. The van der Waals surface area contributed by atoms with Gasteiger partial charge in [0.15, 0.2) is 0 Å². The number of hydrogen-bond acceptors (Lipinski definition) is 5. The summed E-state index contributed by atoms with van der Waals surface area (Å²) >= 11 is 0. The molecule has 0 spiro atoms. The Morgan fingerprint density at radius 3 is 2.62 bits per heavy atom. The molecule has 0 aromatic carbocycles. The number of pyridine rings is 1. The Morgan fingerprint density at radius 1 is 1.46 bits per heavy atom. The maximum absolute atomic E-state index is 10.5. The van der Waals surface area contributed by atoms with Crippen LogP contribution in [0.4, 0.5) is 5.69 Å². The first-order valence-electron chi connectivity index (χ1n) is 3.41. The molecule has 1 aromatic heterocycles. The molecule has 0 fully saturated rings. The molecule has 0 aliphatic heterocycles. The van der Waals surface area contributed by atoms with Gasteiger partial charge in [0.05, 0.1) is 31.4 Å². The topological polar surface area (TPSA) is 74.5 Å². The average molecular weight is 184 g/mol. The summed E-state index contributed by atoms with van der Waals surface area (Å²) in [6.45, 7) is 0. The van der Waals surface area contributed by atoms with Crippen molar-refractivity contribution >= 4 is 5.69 Å². The van der Waals surface area contributed by atoms with Crippen LogP contribution in [0.3, 0.4) is 0 Å². The summed E-state index contributed by atoms with van der Waals surface area (Å²) in [4.78, 5) is 13.6. The molecule has 13 heavy (non-hydrogen) atoms. The van der Waals surface area contributed by atoms with Crippen molar-refractivity contribution in [2.45, 2.75) is 0 Å². The van der Waals surface area contributed by atoms with Crippen LogP contribution in [0.1, 0.15) is 0 Å². The maximum Gasteiger partial charge on any atom is 0.334 e. The summed E-state index contributed by atoms with van der Waals surface area (Å²) in [5, 5.41) is 10.5. The summed E-state index contributed by atoms with van der Waals surface area (Å²) in [5.74, 6) is 0.304. The molecule has 1 rings (SSSR count). The summed E-state index contributed by atoms with van der Waals surface area (Å²) in [5.41, 5.74) is -0.207. The highest BCUT2D eigenvalue weighted by molar-refractivity contribution is 5.45. The zero-order valence-corrected chi connectivity index (χ0v) is 7.18. The zero-order chi connectivity index (χ0) is 9.84. The van der Waals surface area contributed by atoms with E-state index in [2.05, 4.69) is 4.98 Å². The molecule has 0 radical (unpaired) electrons. The molecule has 0 unspecified atom stereocenters. The van der Waals surface area contributed by atoms with E-state index < -0.39 is 4.92 Å². The lowest BCUT2D eigenvalue weighted by molar-refractivity contribution is -0.386. The van der Waals surface area contributed by atoms with Gasteiger partial charge in [0.2, 0.25) is 0 Å². The third-order valence-corrected chi connectivity index (χ3v) is 1.43. The highest BCUT2D eigenvalue weighted by Crippen LogP contribution is 2.27. The van der Waals surface area contributed by atoms with E-state index in [0.29, 0.717) is 5.75 Å². The Labute approximate surface area is 74.3 Å². The molecule has 70 valence electrons. The standard InChI is InChI=1S/C7H8N2O4/c1-12-5-3-6(9(10)11)7(13-2)8-4-5/h3-4H,1-2H3. The van der Waals surface area contributed by atoms with Crippen molar-refractivity contribution in [1.29, 1.82) is 0 Å². The first-order chi connectivity index (χ1) is 6.19. The lowest BCUT2D eigenvalue weighted by Crippen LogP contribution is -1.97. The summed E-state index contributed by atoms with van der Waals surface area (Å²) in [6.07, 6.45) is 1.35. The van der Waals surface area contributed by atoms with Gasteiger partial charge in [0.1, 0.15) is 5.75 Å². The van der Waals surface area contributed by atoms with Crippen molar-refractivity contribution in [3.63, 3.8) is 0 Å². The lowest BCUT2D eigenvalue weighted by atomic mass is 10.4. The van der Waals surface area contributed by atoms with Crippen LogP contribution in [0.2, 0.25) is 0 Å². The molecule has 0 saturated carbocycles. The molecule has 0 atom stereocenters. The van der Waals surface area contributed by atoms with E-state index in [0.717, 1.165) is 0 Å². The van der Waals surface area contributed by atoms with Gasteiger partial charge in [-0.05, 0) is 0 Å². The fourth-order valence-corrected chi connectivity index (χ4v) is 0.822. The number of nitrogens with zero attached hydrogens (tertiary/aromatic N) is 2. The molecule has 0 aliphatic rings. The van der Waals surface area contributed by atoms with Crippen LogP contribution in [0, 0.1) is 10.1 Å². The molecule has 0 bridgehead atoms. The molecule has 0 amide bonds. The third kappa shape index (κ3) is 1.84. The third-order valence-electron chi connectivity index (χ3n) is 1.43. The fraction of sp³-hybridized carbons (Fsp3) is 0.286. The zero-order valence-electron chi connectivity index (χ0n) is 7.18. The van der Waals surface area contributed by atoms with Crippen molar-refractivity contribution < 1.29 is 14.4 Å². The Balaban J connectivity index is 3.18. The Hall–Kier alpha value is -1.85. The molecule has 0 N–H and O–H groups in total. The highest BCUT2D eigenvalue weighted by Gasteiger charge is 2.16. The van der Waals surface area contributed by atoms with Crippen LogP contribution >= 0.6 is 0 Å². The molecular formula is C7H8N2O4. The van der Waals surface area contributed by atoms with Gasteiger partial charge in [-0.2, -0.15) is 0 Å². The van der Waals surface area contributed by atoms with Gasteiger partial charge in [-0.3, -0.25) is 10.1 Å². The van der Waals surface area contributed by atoms with E-state index in [1.807, 2.05) is 0 Å². The minimum atomic E-state index is -0.575. The molecule has 0 aliphatic carbocycles. The first-order valence-corrected chi connectivity index (χ1v) is 3.41. The van der Waals surface area contributed by atoms with E-state index in [4.69, 9.17) is 9.47 Å². The fourth-order valence-electron chi connectivity index (χ4n) is 0.822. The van der Waals surface area contributed by atoms with Gasteiger partial charge in [-0.1, -0.05) is 0 Å². The highest BCUT2D eigenvalue weighted by atomic mass is 16.6. The second-order valence-electron chi connectivity index (χ2n) is 2.16. The molecule has 6 heteroatoms. The second-order valence-corrected chi connectivity index (χ2v) is 2.16. The normalized spacial score (nSPS) is 9.38. The van der Waals surface area contributed by atoms with E-state index in [-0.39, 0.29) is 11.6 Å². The van der Waals surface area contributed by atoms with Gasteiger partial charge in [0.25, 0.3) is 5.88 Å². The van der Waals surface area contributed by atoms with Crippen LogP contribution < -0.4 is 9.47 Å². The minimum Gasteiger partial charge on any atom is -0.495 e. The van der Waals surface area contributed by atoms with Crippen molar-refractivity contribution in [2.75, 3.05) is 14.2 Å². The van der Waals surface area contributed by atoms with Crippen molar-refractivity contribution in [3.8, 4) is 11.6 Å². The number of hydrogen-bond donors (Lipinski definition) is 0. The number of rotatable bonds is 3. The van der Waals surface area contributed by atoms with Gasteiger partial charge < -0.3 is 9.47 Å². The molecule has 1 heterocycles. The smallest absolute Gasteiger partial charge is 0.334 e. The van der Waals surface area contributed by atoms with E-state index in [9.17, 15) is 10.1 Å². The SMILES string of the molecule is COc1cnc(OC)c([N+](=O)[O-])c1. The molecule has 1 aromatic rings. The predicted octanol–water partition coefficient (Wildman–Crippen LogP) is 1.01. The summed E-state index contributed by atoms with van der Waals surface area (Å²) in [7, 11) is 2.73.